The van der Waals surface area contributed by atoms with Gasteiger partial charge in [-0.2, -0.15) is 0 Å². The molecule has 0 atom stereocenters. The molecule has 0 bridgehead atoms. The van der Waals surface area contributed by atoms with Crippen LogP contribution < -0.4 is 4.74 Å². The quantitative estimate of drug-likeness (QED) is 0.555. The molecule has 0 spiro atoms. The zero-order valence-corrected chi connectivity index (χ0v) is 16.7. The monoisotopic (exact) mass is 395 g/mol. The van der Waals surface area contributed by atoms with Crippen LogP contribution in [-0.4, -0.2) is 49.4 Å². The van der Waals surface area contributed by atoms with E-state index in [0.29, 0.717) is 37.2 Å². The number of esters is 1. The molecule has 0 unspecified atom stereocenters. The van der Waals surface area contributed by atoms with Crippen LogP contribution >= 0.6 is 0 Å². The van der Waals surface area contributed by atoms with E-state index in [1.807, 2.05) is 30.3 Å². The summed E-state index contributed by atoms with van der Waals surface area (Å²) in [5.74, 6) is -0.0485. The fourth-order valence-corrected chi connectivity index (χ4v) is 3.70. The van der Waals surface area contributed by atoms with Crippen LogP contribution in [0.25, 0.3) is 0 Å². The zero-order valence-electron chi connectivity index (χ0n) is 16.7. The SMILES string of the molecule is COc1ccc(C(=O)COC(=O)C2(c3ccccc3)CCN(C(C)=O)CC2)cc1. The Morgan fingerprint density at radius 3 is 2.14 bits per heavy atom. The number of piperidine rings is 1. The minimum atomic E-state index is -0.854. The van der Waals surface area contributed by atoms with Crippen molar-refractivity contribution in [2.24, 2.45) is 0 Å². The number of hydrogen-bond donors (Lipinski definition) is 0. The zero-order chi connectivity index (χ0) is 20.9. The Balaban J connectivity index is 1.73. The number of amides is 1. The Morgan fingerprint density at radius 2 is 1.59 bits per heavy atom. The third-order valence-electron chi connectivity index (χ3n) is 5.53. The van der Waals surface area contributed by atoms with Crippen LogP contribution in [0.1, 0.15) is 35.7 Å². The molecule has 152 valence electrons. The summed E-state index contributed by atoms with van der Waals surface area (Å²) >= 11 is 0. The van der Waals surface area contributed by atoms with Gasteiger partial charge in [0, 0.05) is 25.6 Å². The topological polar surface area (TPSA) is 72.9 Å². The molecule has 0 radical (unpaired) electrons. The fraction of sp³-hybridized carbons (Fsp3) is 0.348. The number of methoxy groups -OCH3 is 1. The van der Waals surface area contributed by atoms with Crippen molar-refractivity contribution in [1.29, 1.82) is 0 Å². The number of ketones is 1. The van der Waals surface area contributed by atoms with E-state index in [0.717, 1.165) is 5.56 Å². The number of benzene rings is 2. The molecular weight excluding hydrogens is 370 g/mol. The summed E-state index contributed by atoms with van der Waals surface area (Å²) in [5.41, 5.74) is 0.455. The molecule has 6 heteroatoms. The number of rotatable bonds is 6. The smallest absolute Gasteiger partial charge is 0.317 e. The van der Waals surface area contributed by atoms with Crippen molar-refractivity contribution >= 4 is 17.7 Å². The highest BCUT2D eigenvalue weighted by Crippen LogP contribution is 2.37. The lowest BCUT2D eigenvalue weighted by Gasteiger charge is -2.40. The predicted octanol–water partition coefficient (Wildman–Crippen LogP) is 3.00. The Morgan fingerprint density at radius 1 is 0.966 bits per heavy atom. The highest BCUT2D eigenvalue weighted by molar-refractivity contribution is 5.98. The molecule has 29 heavy (non-hydrogen) atoms. The van der Waals surface area contributed by atoms with Crippen LogP contribution in [0.5, 0.6) is 5.75 Å². The first-order chi connectivity index (χ1) is 14.0. The van der Waals surface area contributed by atoms with Crippen LogP contribution in [0.3, 0.4) is 0 Å². The van der Waals surface area contributed by atoms with Gasteiger partial charge in [-0.25, -0.2) is 0 Å². The van der Waals surface area contributed by atoms with Crippen LogP contribution in [0, 0.1) is 0 Å². The number of likely N-dealkylation sites (tertiary alicyclic amines) is 1. The maximum Gasteiger partial charge on any atom is 0.317 e. The van der Waals surface area contributed by atoms with E-state index in [-0.39, 0.29) is 18.3 Å². The van der Waals surface area contributed by atoms with Gasteiger partial charge in [-0.1, -0.05) is 30.3 Å². The molecule has 0 N–H and O–H groups in total. The normalized spacial score (nSPS) is 15.4. The second kappa shape index (κ2) is 8.90. The number of carbonyl (C=O) groups excluding carboxylic acids is 3. The molecule has 0 aromatic heterocycles. The van der Waals surface area contributed by atoms with Crippen LogP contribution in [0.15, 0.2) is 54.6 Å². The van der Waals surface area contributed by atoms with Gasteiger partial charge < -0.3 is 14.4 Å². The molecule has 0 saturated carbocycles. The van der Waals surface area contributed by atoms with Gasteiger partial charge in [0.05, 0.1) is 12.5 Å². The van der Waals surface area contributed by atoms with Crippen LogP contribution in [-0.2, 0) is 19.7 Å². The summed E-state index contributed by atoms with van der Waals surface area (Å²) in [6.07, 6.45) is 0.929. The number of carbonyl (C=O) groups is 3. The van der Waals surface area contributed by atoms with Gasteiger partial charge >= 0.3 is 5.97 Å². The number of Topliss-reactive ketones (excluding diaryl/α,β-unsaturated/α-hetero) is 1. The Hall–Kier alpha value is -3.15. The van der Waals surface area contributed by atoms with E-state index in [1.165, 1.54) is 6.92 Å². The Bertz CT molecular complexity index is 868. The first-order valence-corrected chi connectivity index (χ1v) is 9.62. The van der Waals surface area contributed by atoms with Crippen molar-refractivity contribution < 1.29 is 23.9 Å². The lowest BCUT2D eigenvalue weighted by molar-refractivity contribution is -0.153. The van der Waals surface area contributed by atoms with Crippen molar-refractivity contribution in [2.45, 2.75) is 25.2 Å². The highest BCUT2D eigenvalue weighted by atomic mass is 16.5. The van der Waals surface area contributed by atoms with Crippen molar-refractivity contribution in [2.75, 3.05) is 26.8 Å². The van der Waals surface area contributed by atoms with E-state index < -0.39 is 11.4 Å². The molecule has 0 aliphatic carbocycles. The van der Waals surface area contributed by atoms with Crippen molar-refractivity contribution in [3.05, 3.63) is 65.7 Å². The minimum Gasteiger partial charge on any atom is -0.497 e. The van der Waals surface area contributed by atoms with Crippen molar-refractivity contribution in [3.63, 3.8) is 0 Å². The van der Waals surface area contributed by atoms with E-state index >= 15 is 0 Å². The first kappa shape index (κ1) is 20.6. The summed E-state index contributed by atoms with van der Waals surface area (Å²) in [5, 5.41) is 0. The average molecular weight is 395 g/mol. The first-order valence-electron chi connectivity index (χ1n) is 9.62. The standard InChI is InChI=1S/C23H25NO5/c1-17(25)24-14-12-23(13-15-24,19-6-4-3-5-7-19)22(27)29-16-21(26)18-8-10-20(28-2)11-9-18/h3-11H,12-16H2,1-2H3. The van der Waals surface area contributed by atoms with Gasteiger partial charge in [-0.3, -0.25) is 14.4 Å². The third-order valence-corrected chi connectivity index (χ3v) is 5.53. The maximum atomic E-state index is 13.1. The van der Waals surface area contributed by atoms with Crippen LogP contribution in [0.2, 0.25) is 0 Å². The van der Waals surface area contributed by atoms with Gasteiger partial charge in [-0.05, 0) is 42.7 Å². The van der Waals surface area contributed by atoms with Gasteiger partial charge in [0.2, 0.25) is 5.91 Å². The summed E-state index contributed by atoms with van der Waals surface area (Å²) in [6.45, 7) is 2.16. The second-order valence-corrected chi connectivity index (χ2v) is 7.18. The van der Waals surface area contributed by atoms with Gasteiger partial charge in [-0.15, -0.1) is 0 Å². The molecule has 1 aliphatic rings. The maximum absolute atomic E-state index is 13.1. The molecule has 1 saturated heterocycles. The molecule has 1 amide bonds. The van der Waals surface area contributed by atoms with E-state index in [4.69, 9.17) is 9.47 Å². The van der Waals surface area contributed by atoms with Crippen LogP contribution in [0.4, 0.5) is 0 Å². The number of ether oxygens (including phenoxy) is 2. The third kappa shape index (κ3) is 4.47. The number of nitrogens with zero attached hydrogens (tertiary/aromatic N) is 1. The minimum absolute atomic E-state index is 0.00490. The Labute approximate surface area is 170 Å². The molecular formula is C23H25NO5. The molecule has 6 nitrogen and oxygen atoms in total. The van der Waals surface area contributed by atoms with Crippen molar-refractivity contribution in [1.82, 2.24) is 4.90 Å². The number of hydrogen-bond acceptors (Lipinski definition) is 5. The van der Waals surface area contributed by atoms with E-state index in [2.05, 4.69) is 0 Å². The molecule has 2 aromatic rings. The molecule has 3 rings (SSSR count). The Kier molecular flexibility index (Phi) is 6.32. The van der Waals surface area contributed by atoms with E-state index in [1.54, 1.807) is 36.3 Å². The summed E-state index contributed by atoms with van der Waals surface area (Å²) in [6, 6.07) is 16.1. The highest BCUT2D eigenvalue weighted by Gasteiger charge is 2.44. The predicted molar refractivity (Wildman–Crippen MR) is 108 cm³/mol. The summed E-state index contributed by atoms with van der Waals surface area (Å²) < 4.78 is 10.6. The van der Waals surface area contributed by atoms with Crippen molar-refractivity contribution in [3.8, 4) is 5.75 Å². The average Bonchev–Trinajstić information content (AvgIpc) is 2.77. The molecule has 1 fully saturated rings. The van der Waals surface area contributed by atoms with Gasteiger partial charge in [0.15, 0.2) is 12.4 Å². The molecule has 1 heterocycles. The molecule has 2 aromatic carbocycles. The van der Waals surface area contributed by atoms with Gasteiger partial charge in [0.25, 0.3) is 0 Å². The second-order valence-electron chi connectivity index (χ2n) is 7.18. The molecule has 1 aliphatic heterocycles. The van der Waals surface area contributed by atoms with E-state index in [9.17, 15) is 14.4 Å². The lowest BCUT2D eigenvalue weighted by atomic mass is 9.72. The largest absolute Gasteiger partial charge is 0.497 e. The fourth-order valence-electron chi connectivity index (χ4n) is 3.70. The lowest BCUT2D eigenvalue weighted by Crippen LogP contribution is -2.49. The van der Waals surface area contributed by atoms with Gasteiger partial charge in [0.1, 0.15) is 5.75 Å². The summed E-state index contributed by atoms with van der Waals surface area (Å²) in [4.78, 5) is 39.0. The summed E-state index contributed by atoms with van der Waals surface area (Å²) in [7, 11) is 1.55.